The number of benzene rings is 2. The highest BCUT2D eigenvalue weighted by Gasteiger charge is 2.36. The zero-order valence-electron chi connectivity index (χ0n) is 31.9. The molecule has 0 unspecified atom stereocenters. The fourth-order valence-corrected chi connectivity index (χ4v) is 11.1. The first-order valence-electron chi connectivity index (χ1n) is 20.8. The van der Waals surface area contributed by atoms with Crippen LogP contribution in [-0.2, 0) is 25.9 Å². The third kappa shape index (κ3) is 8.73. The molecule has 2 saturated heterocycles. The van der Waals surface area contributed by atoms with Gasteiger partial charge in [-0.2, -0.15) is 0 Å². The van der Waals surface area contributed by atoms with Crippen LogP contribution < -0.4 is 20.5 Å². The molecule has 2 aromatic carbocycles. The number of nitrogens with zero attached hydrogens (tertiary/aromatic N) is 5. The van der Waals surface area contributed by atoms with Crippen molar-refractivity contribution < 1.29 is 14.3 Å². The Hall–Kier alpha value is -3.55. The van der Waals surface area contributed by atoms with E-state index in [2.05, 4.69) is 63.6 Å². The lowest BCUT2D eigenvalue weighted by Crippen LogP contribution is -2.50. The molecule has 55 heavy (non-hydrogen) atoms. The van der Waals surface area contributed by atoms with Gasteiger partial charge in [-0.1, -0.05) is 12.8 Å². The second-order valence-electron chi connectivity index (χ2n) is 16.2. The maximum absolute atomic E-state index is 11.4. The van der Waals surface area contributed by atoms with E-state index in [1.54, 1.807) is 16.2 Å². The molecule has 2 aliphatic carbocycles. The van der Waals surface area contributed by atoms with E-state index in [0.717, 1.165) is 88.5 Å². The molecule has 4 aromatic rings. The van der Waals surface area contributed by atoms with Gasteiger partial charge in [-0.3, -0.25) is 0 Å². The molecule has 10 rings (SSSR count). The smallest absolute Gasteiger partial charge is 0.315 e. The average Bonchev–Trinajstić information content (AvgIpc) is 3.83. The predicted octanol–water partition coefficient (Wildman–Crippen LogP) is 7.49. The lowest BCUT2D eigenvalue weighted by molar-refractivity contribution is 0.00878. The Bertz CT molecular complexity index is 1870. The van der Waals surface area contributed by atoms with Gasteiger partial charge in [0.2, 0.25) is 0 Å². The fourth-order valence-electron chi connectivity index (χ4n) is 8.92. The number of hydrogen-bond acceptors (Lipinski definition) is 10. The second-order valence-corrected chi connectivity index (χ2v) is 18.4. The number of carbonyl (C=O) groups is 1. The van der Waals surface area contributed by atoms with E-state index in [-0.39, 0.29) is 6.03 Å². The third-order valence-corrected chi connectivity index (χ3v) is 14.7. The molecule has 2 amide bonds. The van der Waals surface area contributed by atoms with Crippen LogP contribution >= 0.6 is 22.7 Å². The Morgan fingerprint density at radius 1 is 0.655 bits per heavy atom. The molecule has 2 aromatic heterocycles. The highest BCUT2D eigenvalue weighted by atomic mass is 32.1. The van der Waals surface area contributed by atoms with Crippen LogP contribution in [0.15, 0.2) is 48.5 Å². The van der Waals surface area contributed by atoms with Crippen LogP contribution in [0.25, 0.3) is 21.1 Å². The van der Waals surface area contributed by atoms with Crippen molar-refractivity contribution in [3.63, 3.8) is 0 Å². The van der Waals surface area contributed by atoms with Crippen LogP contribution in [-0.4, -0.2) is 94.3 Å². The Morgan fingerprint density at radius 2 is 1.15 bits per heavy atom. The van der Waals surface area contributed by atoms with Crippen LogP contribution in [0.2, 0.25) is 0 Å². The van der Waals surface area contributed by atoms with E-state index in [1.807, 2.05) is 11.3 Å². The van der Waals surface area contributed by atoms with E-state index in [9.17, 15) is 4.79 Å². The highest BCUT2D eigenvalue weighted by Crippen LogP contribution is 2.36. The van der Waals surface area contributed by atoms with Crippen molar-refractivity contribution in [2.45, 2.75) is 114 Å². The molecule has 6 heterocycles. The van der Waals surface area contributed by atoms with Gasteiger partial charge in [0.15, 0.2) is 0 Å². The van der Waals surface area contributed by atoms with Gasteiger partial charge in [-0.15, -0.1) is 22.7 Å². The number of rotatable bonds is 8. The summed E-state index contributed by atoms with van der Waals surface area (Å²) in [5.41, 5.74) is 10.1. The third-order valence-electron chi connectivity index (χ3n) is 12.4. The molecule has 0 radical (unpaired) electrons. The lowest BCUT2D eigenvalue weighted by atomic mass is 9.86. The normalized spacial score (nSPS) is 25.3. The Morgan fingerprint density at radius 3 is 1.64 bits per heavy atom. The number of piperidine rings is 2. The minimum absolute atomic E-state index is 0.347. The van der Waals surface area contributed by atoms with Crippen molar-refractivity contribution in [2.24, 2.45) is 5.73 Å². The number of nitrogens with two attached hydrogens (primary N) is 1. The van der Waals surface area contributed by atoms with Crippen molar-refractivity contribution in [3.8, 4) is 32.6 Å². The van der Waals surface area contributed by atoms with E-state index >= 15 is 0 Å². The average molecular weight is 782 g/mol. The number of hydrogen-bond donors (Lipinski definition) is 2. The maximum atomic E-state index is 11.4. The first kappa shape index (κ1) is 37.1. The van der Waals surface area contributed by atoms with Crippen molar-refractivity contribution in [1.82, 2.24) is 30.0 Å². The van der Waals surface area contributed by atoms with Gasteiger partial charge in [-0.25, -0.2) is 14.8 Å². The van der Waals surface area contributed by atoms with Crippen LogP contribution in [0.1, 0.15) is 85.4 Å². The summed E-state index contributed by atoms with van der Waals surface area (Å²) in [6, 6.07) is 18.0. The summed E-state index contributed by atoms with van der Waals surface area (Å²) in [6.45, 7) is 8.35. The number of likely N-dealkylation sites (tertiary alicyclic amines) is 2. The van der Waals surface area contributed by atoms with Gasteiger partial charge in [0.25, 0.3) is 0 Å². The van der Waals surface area contributed by atoms with Crippen LogP contribution in [0.3, 0.4) is 0 Å². The molecular formula is C43H55N7O3S2. The molecular weight excluding hydrogens is 727 g/mol. The quantitative estimate of drug-likeness (QED) is 0.189. The van der Waals surface area contributed by atoms with Crippen molar-refractivity contribution in [1.29, 1.82) is 0 Å². The predicted molar refractivity (Wildman–Crippen MR) is 220 cm³/mol. The van der Waals surface area contributed by atoms with E-state index < -0.39 is 0 Å². The molecule has 6 aliphatic rings. The molecule has 292 valence electrons. The van der Waals surface area contributed by atoms with Crippen molar-refractivity contribution in [2.75, 3.05) is 39.3 Å². The van der Waals surface area contributed by atoms with Gasteiger partial charge in [0.1, 0.15) is 33.7 Å². The van der Waals surface area contributed by atoms with E-state index in [0.29, 0.717) is 25.3 Å². The molecule has 12 heteroatoms. The van der Waals surface area contributed by atoms with E-state index in [1.165, 1.54) is 93.7 Å². The van der Waals surface area contributed by atoms with Crippen LogP contribution in [0.4, 0.5) is 4.79 Å². The minimum atomic E-state index is -0.356. The summed E-state index contributed by atoms with van der Waals surface area (Å²) < 4.78 is 12.4. The number of urea groups is 1. The van der Waals surface area contributed by atoms with Gasteiger partial charge in [-0.05, 0) is 100 Å². The number of nitrogens with one attached hydrogen (secondary N) is 1. The number of thiazole rings is 2. The number of carbonyl (C=O) groups excluding carboxylic acids is 1. The summed E-state index contributed by atoms with van der Waals surface area (Å²) in [4.78, 5) is 30.6. The summed E-state index contributed by atoms with van der Waals surface area (Å²) in [7, 11) is 0. The Balaban J connectivity index is 0.000000145. The molecule has 0 spiro atoms. The maximum Gasteiger partial charge on any atom is 0.315 e. The highest BCUT2D eigenvalue weighted by molar-refractivity contribution is 7.15. The van der Waals surface area contributed by atoms with Gasteiger partial charge >= 0.3 is 6.03 Å². The van der Waals surface area contributed by atoms with Crippen molar-refractivity contribution in [3.05, 3.63) is 69.7 Å². The molecule has 2 saturated carbocycles. The monoisotopic (exact) mass is 781 g/mol. The molecule has 10 nitrogen and oxygen atoms in total. The number of ether oxygens (including phenoxy) is 2. The van der Waals surface area contributed by atoms with E-state index in [4.69, 9.17) is 25.2 Å². The summed E-state index contributed by atoms with van der Waals surface area (Å²) in [5.74, 6) is 1.94. The molecule has 4 aliphatic heterocycles. The number of primary amides is 1. The zero-order valence-corrected chi connectivity index (χ0v) is 33.6. The molecule has 0 bridgehead atoms. The fraction of sp³-hybridized carbons (Fsp3) is 0.558. The molecule has 3 N–H and O–H groups in total. The number of fused-ring (bicyclic) bond motifs is 2. The lowest BCUT2D eigenvalue weighted by Gasteiger charge is -2.44. The van der Waals surface area contributed by atoms with Crippen molar-refractivity contribution >= 4 is 28.7 Å². The SMILES string of the molecule is NC(=O)N1CCc2nc(-c3ccc(OC4CC(N5CCCCC5)C4)cc3)sc2C1.c1cc(-c2nc3c(s2)CNCC3)ccc1OC1CC(N2CCCCC2)C1. The topological polar surface area (TPSA) is 109 Å². The Kier molecular flexibility index (Phi) is 11.4. The second kappa shape index (κ2) is 16.9. The van der Waals surface area contributed by atoms with Gasteiger partial charge in [0.05, 0.1) is 17.9 Å². The first-order valence-corrected chi connectivity index (χ1v) is 22.4. The largest absolute Gasteiger partial charge is 0.490 e. The minimum Gasteiger partial charge on any atom is -0.490 e. The van der Waals surface area contributed by atoms with Gasteiger partial charge in [0, 0.05) is 91.1 Å². The van der Waals surface area contributed by atoms with Crippen LogP contribution in [0.5, 0.6) is 11.5 Å². The standard InChI is InChI=1S/C22H28N4O2S.C21H27N3OS/c23-22(27)26-11-8-19-20(14-26)29-21(24-19)15-4-6-17(7-5-15)28-18-12-16(13-18)25-9-2-1-3-10-25;1-2-10-24(11-3-1)16-12-18(13-16)25-17-6-4-15(5-7-17)21-23-19-8-9-22-14-20(19)26-21/h4-7,16,18H,1-3,8-14H2,(H2,23,27);4-7,16,18,22H,1-3,8-14H2. The number of aromatic nitrogens is 2. The number of amides is 2. The molecule has 0 atom stereocenters. The zero-order chi connectivity index (χ0) is 37.1. The van der Waals surface area contributed by atoms with Crippen LogP contribution in [0, 0.1) is 0 Å². The van der Waals surface area contributed by atoms with Gasteiger partial charge < -0.3 is 35.2 Å². The Labute approximate surface area is 333 Å². The molecule has 4 fully saturated rings. The summed E-state index contributed by atoms with van der Waals surface area (Å²) in [6.07, 6.45) is 15.5. The summed E-state index contributed by atoms with van der Waals surface area (Å²) in [5, 5.41) is 5.56. The first-order chi connectivity index (χ1) is 27.0. The summed E-state index contributed by atoms with van der Waals surface area (Å²) >= 11 is 3.47.